The van der Waals surface area contributed by atoms with E-state index in [-0.39, 0.29) is 11.3 Å². The molecular formula is C26H39NO3S. The Balaban J connectivity index is 1.42. The maximum atomic E-state index is 12.3. The Morgan fingerprint density at radius 2 is 1.94 bits per heavy atom. The first kappa shape index (κ1) is 22.1. The summed E-state index contributed by atoms with van der Waals surface area (Å²) in [5.74, 6) is 1.92. The van der Waals surface area contributed by atoms with Crippen LogP contribution < -0.4 is 5.73 Å². The molecule has 1 heterocycles. The lowest BCUT2D eigenvalue weighted by Gasteiger charge is -2.62. The zero-order chi connectivity index (χ0) is 21.9. The molecule has 5 heteroatoms. The fourth-order valence-corrected chi connectivity index (χ4v) is 9.28. The molecule has 4 nitrogen and oxygen atoms in total. The zero-order valence-corrected chi connectivity index (χ0v) is 19.9. The van der Waals surface area contributed by atoms with Crippen LogP contribution in [0.3, 0.4) is 0 Å². The first-order valence-corrected chi connectivity index (χ1v) is 13.3. The largest absolute Gasteiger partial charge is 0.472 e. The highest BCUT2D eigenvalue weighted by atomic mass is 32.2. The van der Waals surface area contributed by atoms with E-state index in [1.54, 1.807) is 18.1 Å². The first-order valence-electron chi connectivity index (χ1n) is 12.3. The number of thioether (sulfide) groups is 1. The van der Waals surface area contributed by atoms with Gasteiger partial charge in [0.15, 0.2) is 0 Å². The van der Waals surface area contributed by atoms with Crippen LogP contribution >= 0.6 is 11.8 Å². The molecule has 3 fully saturated rings. The van der Waals surface area contributed by atoms with Crippen LogP contribution in [0.4, 0.5) is 0 Å². The Morgan fingerprint density at radius 3 is 2.68 bits per heavy atom. The Kier molecular flexibility index (Phi) is 5.44. The van der Waals surface area contributed by atoms with Gasteiger partial charge >= 0.3 is 0 Å². The zero-order valence-electron chi connectivity index (χ0n) is 19.1. The number of aliphatic hydroxyl groups is 2. The maximum Gasteiger partial charge on any atom is 0.101 e. The van der Waals surface area contributed by atoms with Crippen LogP contribution in [0.25, 0.3) is 0 Å². The lowest BCUT2D eigenvalue weighted by atomic mass is 9.44. The van der Waals surface area contributed by atoms with Crippen molar-refractivity contribution in [2.24, 2.45) is 28.4 Å². The van der Waals surface area contributed by atoms with Crippen molar-refractivity contribution in [2.75, 3.05) is 12.3 Å². The Bertz CT molecular complexity index is 840. The molecule has 0 bridgehead atoms. The highest BCUT2D eigenvalue weighted by molar-refractivity contribution is 8.00. The average molecular weight is 446 g/mol. The van der Waals surface area contributed by atoms with Crippen molar-refractivity contribution in [3.05, 3.63) is 35.8 Å². The fourth-order valence-electron chi connectivity index (χ4n) is 8.10. The van der Waals surface area contributed by atoms with Crippen molar-refractivity contribution < 1.29 is 14.6 Å². The molecule has 0 spiro atoms. The van der Waals surface area contributed by atoms with Gasteiger partial charge in [-0.1, -0.05) is 25.5 Å². The average Bonchev–Trinajstić information content (AvgIpc) is 3.36. The third-order valence-electron chi connectivity index (χ3n) is 10.1. The van der Waals surface area contributed by atoms with Crippen LogP contribution in [0.2, 0.25) is 0 Å². The van der Waals surface area contributed by atoms with E-state index in [2.05, 4.69) is 31.7 Å². The molecule has 0 aromatic carbocycles. The van der Waals surface area contributed by atoms with E-state index in [0.29, 0.717) is 24.0 Å². The Hall–Kier alpha value is -0.750. The molecule has 0 amide bonds. The molecule has 4 aliphatic rings. The van der Waals surface area contributed by atoms with Gasteiger partial charge in [-0.15, -0.1) is 0 Å². The number of fused-ring (bicyclic) bond motifs is 5. The smallest absolute Gasteiger partial charge is 0.101 e. The van der Waals surface area contributed by atoms with Crippen LogP contribution in [0.15, 0.2) is 34.7 Å². The number of allylic oxidation sites excluding steroid dienone is 1. The molecule has 1 aromatic rings. The maximum absolute atomic E-state index is 12.3. The van der Waals surface area contributed by atoms with Gasteiger partial charge in [0.05, 0.1) is 18.1 Å². The van der Waals surface area contributed by atoms with Crippen molar-refractivity contribution in [1.29, 1.82) is 0 Å². The SMILES string of the molecule is C[C@]12CCC(SCCCN)C=C1CC[C@@H]1[C@H]2CC[C@]2(C)C(O)(c3ccoc3)CC[C@@]12O. The van der Waals surface area contributed by atoms with Gasteiger partial charge in [0.2, 0.25) is 0 Å². The third kappa shape index (κ3) is 2.99. The standard InChI is InChI=1S/C26H39NO3S/c1-23-9-6-20(31-15-3-13-27)16-18(23)4-5-22-21(23)7-10-24(2)25(28,11-12-26(22,24)29)19-8-14-30-17-19/h8,14,16-17,20-22,28-29H,3-7,9-13,15,27H2,1-2H3/t20?,21-,22-,23+,24-,25?,26-/m1/s1. The number of rotatable bonds is 5. The van der Waals surface area contributed by atoms with Gasteiger partial charge in [-0.25, -0.2) is 0 Å². The second-order valence-corrected chi connectivity index (χ2v) is 12.5. The van der Waals surface area contributed by atoms with Gasteiger partial charge in [0.25, 0.3) is 0 Å². The van der Waals surface area contributed by atoms with Crippen LogP contribution in [0, 0.1) is 22.7 Å². The summed E-state index contributed by atoms with van der Waals surface area (Å²) in [7, 11) is 0. The highest BCUT2D eigenvalue weighted by Gasteiger charge is 2.71. The van der Waals surface area contributed by atoms with Gasteiger partial charge in [-0.3, -0.25) is 0 Å². The molecule has 5 rings (SSSR count). The lowest BCUT2D eigenvalue weighted by Crippen LogP contribution is -2.63. The summed E-state index contributed by atoms with van der Waals surface area (Å²) >= 11 is 2.07. The van der Waals surface area contributed by atoms with Gasteiger partial charge < -0.3 is 20.4 Å². The normalized spacial score (nSPS) is 46.7. The van der Waals surface area contributed by atoms with Crippen molar-refractivity contribution in [3.63, 3.8) is 0 Å². The molecule has 1 aromatic heterocycles. The van der Waals surface area contributed by atoms with Crippen LogP contribution in [-0.4, -0.2) is 33.4 Å². The van der Waals surface area contributed by atoms with Crippen molar-refractivity contribution in [1.82, 2.24) is 0 Å². The number of furan rings is 1. The summed E-state index contributed by atoms with van der Waals surface area (Å²) in [6.07, 6.45) is 14.8. The van der Waals surface area contributed by atoms with E-state index in [1.807, 2.05) is 6.07 Å². The minimum Gasteiger partial charge on any atom is -0.472 e. The van der Waals surface area contributed by atoms with Gasteiger partial charge in [0.1, 0.15) is 5.60 Å². The second-order valence-electron chi connectivity index (χ2n) is 11.1. The van der Waals surface area contributed by atoms with Gasteiger partial charge in [-0.05, 0) is 93.4 Å². The molecule has 4 aliphatic carbocycles. The van der Waals surface area contributed by atoms with Gasteiger partial charge in [-0.2, -0.15) is 11.8 Å². The lowest BCUT2D eigenvalue weighted by molar-refractivity contribution is -0.221. The molecule has 0 saturated heterocycles. The van der Waals surface area contributed by atoms with Gasteiger partial charge in [0, 0.05) is 16.2 Å². The number of nitrogens with two attached hydrogens (primary N) is 1. The van der Waals surface area contributed by atoms with E-state index in [0.717, 1.165) is 50.0 Å². The fraction of sp³-hybridized carbons (Fsp3) is 0.769. The van der Waals surface area contributed by atoms with Crippen molar-refractivity contribution in [2.45, 2.75) is 88.1 Å². The predicted octanol–water partition coefficient (Wildman–Crippen LogP) is 5.00. The second kappa shape index (κ2) is 7.65. The molecule has 172 valence electrons. The van der Waals surface area contributed by atoms with E-state index in [1.165, 1.54) is 12.8 Å². The topological polar surface area (TPSA) is 79.6 Å². The molecular weight excluding hydrogens is 406 g/mol. The monoisotopic (exact) mass is 445 g/mol. The summed E-state index contributed by atoms with van der Waals surface area (Å²) in [5.41, 5.74) is 6.00. The molecule has 2 unspecified atom stereocenters. The van der Waals surface area contributed by atoms with Crippen molar-refractivity contribution in [3.8, 4) is 0 Å². The van der Waals surface area contributed by atoms with Crippen LogP contribution in [0.5, 0.6) is 0 Å². The Labute approximate surface area is 191 Å². The van der Waals surface area contributed by atoms with E-state index in [4.69, 9.17) is 10.2 Å². The summed E-state index contributed by atoms with van der Waals surface area (Å²) in [4.78, 5) is 0. The molecule has 4 N–H and O–H groups in total. The third-order valence-corrected chi connectivity index (χ3v) is 11.4. The first-order chi connectivity index (χ1) is 14.8. The van der Waals surface area contributed by atoms with E-state index in [9.17, 15) is 10.2 Å². The molecule has 0 radical (unpaired) electrons. The Morgan fingerprint density at radius 1 is 1.10 bits per heavy atom. The summed E-state index contributed by atoms with van der Waals surface area (Å²) in [6.45, 7) is 5.39. The molecule has 31 heavy (non-hydrogen) atoms. The summed E-state index contributed by atoms with van der Waals surface area (Å²) in [6, 6.07) is 1.88. The predicted molar refractivity (Wildman–Crippen MR) is 126 cm³/mol. The summed E-state index contributed by atoms with van der Waals surface area (Å²) < 4.78 is 5.33. The molecule has 0 aliphatic heterocycles. The number of hydrogen-bond acceptors (Lipinski definition) is 5. The quantitative estimate of drug-likeness (QED) is 0.439. The van der Waals surface area contributed by atoms with E-state index >= 15 is 0 Å². The molecule has 7 atom stereocenters. The summed E-state index contributed by atoms with van der Waals surface area (Å²) in [5, 5.41) is 24.8. The minimum atomic E-state index is -1.01. The minimum absolute atomic E-state index is 0.196. The number of hydrogen-bond donors (Lipinski definition) is 3. The van der Waals surface area contributed by atoms with E-state index < -0.39 is 16.6 Å². The molecule has 3 saturated carbocycles. The van der Waals surface area contributed by atoms with Crippen molar-refractivity contribution >= 4 is 11.8 Å². The highest BCUT2D eigenvalue weighted by Crippen LogP contribution is 2.71. The van der Waals surface area contributed by atoms with Crippen LogP contribution in [-0.2, 0) is 5.60 Å². The van der Waals surface area contributed by atoms with Crippen LogP contribution in [0.1, 0.15) is 77.2 Å².